The zero-order chi connectivity index (χ0) is 12.8. The third-order valence-corrected chi connectivity index (χ3v) is 4.47. The number of hydrogen-bond donors (Lipinski definition) is 1. The van der Waals surface area contributed by atoms with Crippen molar-refractivity contribution in [1.82, 2.24) is 5.32 Å². The summed E-state index contributed by atoms with van der Waals surface area (Å²) in [7, 11) is 0. The molecule has 1 nitrogen and oxygen atoms in total. The SMILES string of the molecule is CCNC(CC)C1CCCCC1c1ccccc1. The van der Waals surface area contributed by atoms with Crippen LogP contribution in [0.4, 0.5) is 0 Å². The molecule has 1 aliphatic carbocycles. The molecule has 0 aromatic heterocycles. The molecule has 0 aliphatic heterocycles. The quantitative estimate of drug-likeness (QED) is 0.813. The molecule has 0 amide bonds. The van der Waals surface area contributed by atoms with E-state index in [1.165, 1.54) is 32.1 Å². The first-order valence-corrected chi connectivity index (χ1v) is 7.65. The highest BCUT2D eigenvalue weighted by Crippen LogP contribution is 2.40. The smallest absolute Gasteiger partial charge is 0.00984 e. The van der Waals surface area contributed by atoms with Gasteiger partial charge in [0.1, 0.15) is 0 Å². The van der Waals surface area contributed by atoms with Crippen LogP contribution >= 0.6 is 0 Å². The molecule has 0 bridgehead atoms. The molecule has 1 fully saturated rings. The molecule has 1 heteroatoms. The highest BCUT2D eigenvalue weighted by Gasteiger charge is 2.31. The van der Waals surface area contributed by atoms with Crippen LogP contribution in [0.1, 0.15) is 57.4 Å². The average molecular weight is 245 g/mol. The molecule has 1 aliphatic rings. The van der Waals surface area contributed by atoms with Crippen molar-refractivity contribution in [3.05, 3.63) is 35.9 Å². The zero-order valence-electron chi connectivity index (χ0n) is 11.9. The van der Waals surface area contributed by atoms with E-state index in [9.17, 15) is 0 Å². The van der Waals surface area contributed by atoms with Crippen molar-refractivity contribution in [1.29, 1.82) is 0 Å². The molecule has 3 unspecified atom stereocenters. The summed E-state index contributed by atoms with van der Waals surface area (Å²) in [6.07, 6.45) is 6.83. The van der Waals surface area contributed by atoms with Gasteiger partial charge in [-0.3, -0.25) is 0 Å². The van der Waals surface area contributed by atoms with E-state index in [0.29, 0.717) is 6.04 Å². The Bertz CT molecular complexity index is 333. The molecule has 1 saturated carbocycles. The van der Waals surface area contributed by atoms with Crippen LogP contribution in [0.15, 0.2) is 30.3 Å². The number of nitrogens with one attached hydrogen (secondary N) is 1. The second-order valence-corrected chi connectivity index (χ2v) is 5.54. The van der Waals surface area contributed by atoms with Crippen molar-refractivity contribution in [3.8, 4) is 0 Å². The molecule has 1 N–H and O–H groups in total. The van der Waals surface area contributed by atoms with Crippen LogP contribution in [-0.4, -0.2) is 12.6 Å². The van der Waals surface area contributed by atoms with Gasteiger partial charge >= 0.3 is 0 Å². The van der Waals surface area contributed by atoms with E-state index in [-0.39, 0.29) is 0 Å². The van der Waals surface area contributed by atoms with Gasteiger partial charge < -0.3 is 5.32 Å². The maximum absolute atomic E-state index is 3.70. The molecule has 0 saturated heterocycles. The predicted octanol–water partition coefficient (Wildman–Crippen LogP) is 4.35. The van der Waals surface area contributed by atoms with Gasteiger partial charge in [-0.15, -0.1) is 0 Å². The first-order chi connectivity index (χ1) is 8.86. The summed E-state index contributed by atoms with van der Waals surface area (Å²) >= 11 is 0. The molecule has 0 radical (unpaired) electrons. The van der Waals surface area contributed by atoms with Gasteiger partial charge in [-0.1, -0.05) is 57.0 Å². The van der Waals surface area contributed by atoms with Crippen molar-refractivity contribution in [2.24, 2.45) is 5.92 Å². The Labute approximate surface area is 112 Å². The van der Waals surface area contributed by atoms with E-state index in [2.05, 4.69) is 49.5 Å². The highest BCUT2D eigenvalue weighted by molar-refractivity contribution is 5.21. The molecule has 3 atom stereocenters. The van der Waals surface area contributed by atoms with Crippen LogP contribution in [0.3, 0.4) is 0 Å². The lowest BCUT2D eigenvalue weighted by molar-refractivity contribution is 0.230. The van der Waals surface area contributed by atoms with E-state index in [0.717, 1.165) is 18.4 Å². The van der Waals surface area contributed by atoms with Crippen LogP contribution in [0, 0.1) is 5.92 Å². The Morgan fingerprint density at radius 1 is 1.11 bits per heavy atom. The fourth-order valence-electron chi connectivity index (χ4n) is 3.62. The summed E-state index contributed by atoms with van der Waals surface area (Å²) in [5, 5.41) is 3.70. The van der Waals surface area contributed by atoms with Gasteiger partial charge in [0.25, 0.3) is 0 Å². The second-order valence-electron chi connectivity index (χ2n) is 5.54. The Morgan fingerprint density at radius 2 is 1.83 bits per heavy atom. The molecule has 0 spiro atoms. The highest BCUT2D eigenvalue weighted by atomic mass is 14.9. The van der Waals surface area contributed by atoms with Crippen molar-refractivity contribution in [3.63, 3.8) is 0 Å². The summed E-state index contributed by atoms with van der Waals surface area (Å²) in [6.45, 7) is 5.64. The van der Waals surface area contributed by atoms with Crippen LogP contribution in [-0.2, 0) is 0 Å². The van der Waals surface area contributed by atoms with Crippen molar-refractivity contribution in [2.75, 3.05) is 6.54 Å². The Morgan fingerprint density at radius 3 is 2.50 bits per heavy atom. The van der Waals surface area contributed by atoms with Crippen molar-refractivity contribution in [2.45, 2.75) is 57.9 Å². The van der Waals surface area contributed by atoms with E-state index in [1.54, 1.807) is 5.56 Å². The minimum Gasteiger partial charge on any atom is -0.314 e. The normalized spacial score (nSPS) is 25.9. The molecule has 2 rings (SSSR count). The minimum absolute atomic E-state index is 0.695. The van der Waals surface area contributed by atoms with Gasteiger partial charge in [-0.25, -0.2) is 0 Å². The minimum atomic E-state index is 0.695. The predicted molar refractivity (Wildman–Crippen MR) is 78.9 cm³/mol. The van der Waals surface area contributed by atoms with E-state index < -0.39 is 0 Å². The lowest BCUT2D eigenvalue weighted by Gasteiger charge is -2.37. The monoisotopic (exact) mass is 245 g/mol. The average Bonchev–Trinajstić information content (AvgIpc) is 2.46. The Balaban J connectivity index is 2.15. The molecule has 1 aromatic carbocycles. The number of benzene rings is 1. The molecule has 100 valence electrons. The fraction of sp³-hybridized carbons (Fsp3) is 0.647. The Kier molecular flexibility index (Phi) is 5.25. The second kappa shape index (κ2) is 6.94. The molecular formula is C17H27N. The summed E-state index contributed by atoms with van der Waals surface area (Å²) in [6, 6.07) is 11.8. The molecule has 1 aromatic rings. The lowest BCUT2D eigenvalue weighted by Crippen LogP contribution is -2.39. The Hall–Kier alpha value is -0.820. The summed E-state index contributed by atoms with van der Waals surface area (Å²) in [4.78, 5) is 0. The van der Waals surface area contributed by atoms with E-state index in [4.69, 9.17) is 0 Å². The molecular weight excluding hydrogens is 218 g/mol. The van der Waals surface area contributed by atoms with Crippen LogP contribution < -0.4 is 5.32 Å². The van der Waals surface area contributed by atoms with Gasteiger partial charge in [0.2, 0.25) is 0 Å². The topological polar surface area (TPSA) is 12.0 Å². The maximum Gasteiger partial charge on any atom is 0.00984 e. The number of rotatable bonds is 5. The van der Waals surface area contributed by atoms with Crippen LogP contribution in [0.5, 0.6) is 0 Å². The number of hydrogen-bond acceptors (Lipinski definition) is 1. The van der Waals surface area contributed by atoms with Crippen molar-refractivity contribution >= 4 is 0 Å². The van der Waals surface area contributed by atoms with Gasteiger partial charge in [0.15, 0.2) is 0 Å². The van der Waals surface area contributed by atoms with Gasteiger partial charge in [0, 0.05) is 6.04 Å². The lowest BCUT2D eigenvalue weighted by atomic mass is 9.71. The summed E-state index contributed by atoms with van der Waals surface area (Å²) in [5.41, 5.74) is 1.55. The standard InChI is InChI=1S/C17H27N/c1-3-17(18-4-2)16-13-9-8-12-15(16)14-10-6-5-7-11-14/h5-7,10-11,15-18H,3-4,8-9,12-13H2,1-2H3. The van der Waals surface area contributed by atoms with Crippen LogP contribution in [0.2, 0.25) is 0 Å². The fourth-order valence-corrected chi connectivity index (χ4v) is 3.62. The zero-order valence-corrected chi connectivity index (χ0v) is 11.9. The summed E-state index contributed by atoms with van der Waals surface area (Å²) in [5.74, 6) is 1.59. The van der Waals surface area contributed by atoms with Gasteiger partial charge in [-0.2, -0.15) is 0 Å². The first-order valence-electron chi connectivity index (χ1n) is 7.65. The maximum atomic E-state index is 3.70. The van der Waals surface area contributed by atoms with Crippen molar-refractivity contribution < 1.29 is 0 Å². The first kappa shape index (κ1) is 13.6. The third kappa shape index (κ3) is 3.14. The van der Waals surface area contributed by atoms with Gasteiger partial charge in [-0.05, 0) is 43.2 Å². The van der Waals surface area contributed by atoms with E-state index >= 15 is 0 Å². The molecule has 0 heterocycles. The van der Waals surface area contributed by atoms with E-state index in [1.807, 2.05) is 0 Å². The summed E-state index contributed by atoms with van der Waals surface area (Å²) < 4.78 is 0. The third-order valence-electron chi connectivity index (χ3n) is 4.47. The van der Waals surface area contributed by atoms with Crippen LogP contribution in [0.25, 0.3) is 0 Å². The largest absolute Gasteiger partial charge is 0.314 e. The van der Waals surface area contributed by atoms with Gasteiger partial charge in [0.05, 0.1) is 0 Å². The molecule has 18 heavy (non-hydrogen) atoms.